The maximum atomic E-state index is 12.1. The summed E-state index contributed by atoms with van der Waals surface area (Å²) in [6, 6.07) is -0.873. The summed E-state index contributed by atoms with van der Waals surface area (Å²) in [5.41, 5.74) is 0. The van der Waals surface area contributed by atoms with E-state index in [-0.39, 0.29) is 12.5 Å². The summed E-state index contributed by atoms with van der Waals surface area (Å²) >= 11 is 0. The van der Waals surface area contributed by atoms with E-state index in [0.29, 0.717) is 0 Å². The molecule has 1 unspecified atom stereocenters. The molecule has 1 aliphatic heterocycles. The molecule has 0 aliphatic carbocycles. The lowest BCUT2D eigenvalue weighted by Crippen LogP contribution is -2.43. The first-order valence-electron chi connectivity index (χ1n) is 6.16. The van der Waals surface area contributed by atoms with Crippen LogP contribution in [0.25, 0.3) is 0 Å². The maximum absolute atomic E-state index is 12.1. The Morgan fingerprint density at radius 3 is 2.78 bits per heavy atom. The standard InChI is InChI=1S/C11H20F3N3O/c1-9(7-11(12,13)14)16-10(18)8-17-5-2-3-15-4-6-17/h9,15H,2-8H2,1H3,(H,16,18). The Bertz CT molecular complexity index is 263. The van der Waals surface area contributed by atoms with Gasteiger partial charge in [-0.1, -0.05) is 0 Å². The van der Waals surface area contributed by atoms with Gasteiger partial charge < -0.3 is 10.6 Å². The summed E-state index contributed by atoms with van der Waals surface area (Å²) in [4.78, 5) is 13.5. The maximum Gasteiger partial charge on any atom is 0.391 e. The molecule has 1 amide bonds. The van der Waals surface area contributed by atoms with E-state index in [4.69, 9.17) is 0 Å². The minimum atomic E-state index is -4.24. The summed E-state index contributed by atoms with van der Waals surface area (Å²) in [6.45, 7) is 4.82. The van der Waals surface area contributed by atoms with Crippen molar-refractivity contribution in [2.24, 2.45) is 0 Å². The third kappa shape index (κ3) is 6.80. The number of rotatable bonds is 4. The SMILES string of the molecule is CC(CC(F)(F)F)NC(=O)CN1CCCNCC1. The molecule has 0 radical (unpaired) electrons. The first kappa shape index (κ1) is 15.2. The average molecular weight is 267 g/mol. The van der Waals surface area contributed by atoms with Gasteiger partial charge in [-0.05, 0) is 26.4 Å². The zero-order valence-corrected chi connectivity index (χ0v) is 10.5. The molecule has 0 aromatic rings. The van der Waals surface area contributed by atoms with E-state index in [0.717, 1.165) is 32.6 Å². The highest BCUT2D eigenvalue weighted by molar-refractivity contribution is 5.78. The second-order valence-corrected chi connectivity index (χ2v) is 4.67. The fourth-order valence-electron chi connectivity index (χ4n) is 1.98. The van der Waals surface area contributed by atoms with Crippen LogP contribution in [0.15, 0.2) is 0 Å². The van der Waals surface area contributed by atoms with Crippen LogP contribution in [0.3, 0.4) is 0 Å². The Kier molecular flexibility index (Phi) is 5.87. The van der Waals surface area contributed by atoms with Gasteiger partial charge in [-0.25, -0.2) is 0 Å². The molecular weight excluding hydrogens is 247 g/mol. The van der Waals surface area contributed by atoms with Crippen molar-refractivity contribution in [3.8, 4) is 0 Å². The van der Waals surface area contributed by atoms with E-state index in [1.165, 1.54) is 6.92 Å². The van der Waals surface area contributed by atoms with Crippen LogP contribution in [-0.2, 0) is 4.79 Å². The van der Waals surface area contributed by atoms with Crippen molar-refractivity contribution >= 4 is 5.91 Å². The van der Waals surface area contributed by atoms with Crippen LogP contribution in [0, 0.1) is 0 Å². The molecule has 0 spiro atoms. The lowest BCUT2D eigenvalue weighted by molar-refractivity contribution is -0.141. The molecule has 1 fully saturated rings. The van der Waals surface area contributed by atoms with Gasteiger partial charge in [0.15, 0.2) is 0 Å². The Hall–Kier alpha value is -0.820. The summed E-state index contributed by atoms with van der Waals surface area (Å²) in [5, 5.41) is 5.58. The monoisotopic (exact) mass is 267 g/mol. The largest absolute Gasteiger partial charge is 0.391 e. The quantitative estimate of drug-likeness (QED) is 0.789. The molecule has 0 aromatic heterocycles. The number of hydrogen-bond acceptors (Lipinski definition) is 3. The molecule has 1 heterocycles. The minimum absolute atomic E-state index is 0.171. The smallest absolute Gasteiger partial charge is 0.352 e. The summed E-state index contributed by atoms with van der Waals surface area (Å²) in [5.74, 6) is -0.339. The van der Waals surface area contributed by atoms with Gasteiger partial charge in [-0.15, -0.1) is 0 Å². The lowest BCUT2D eigenvalue weighted by atomic mass is 10.2. The van der Waals surface area contributed by atoms with Crippen molar-refractivity contribution in [3.63, 3.8) is 0 Å². The summed E-state index contributed by atoms with van der Waals surface area (Å²) < 4.78 is 36.3. The average Bonchev–Trinajstić information content (AvgIpc) is 2.42. The first-order chi connectivity index (χ1) is 8.37. The molecule has 18 heavy (non-hydrogen) atoms. The molecule has 0 aromatic carbocycles. The fraction of sp³-hybridized carbons (Fsp3) is 0.909. The number of carbonyl (C=O) groups excluding carboxylic acids is 1. The number of alkyl halides is 3. The van der Waals surface area contributed by atoms with Gasteiger partial charge in [0, 0.05) is 19.1 Å². The van der Waals surface area contributed by atoms with Gasteiger partial charge in [-0.3, -0.25) is 9.69 Å². The predicted molar refractivity (Wildman–Crippen MR) is 62.2 cm³/mol. The van der Waals surface area contributed by atoms with Crippen molar-refractivity contribution < 1.29 is 18.0 Å². The highest BCUT2D eigenvalue weighted by Crippen LogP contribution is 2.21. The summed E-state index contributed by atoms with van der Waals surface area (Å²) in [7, 11) is 0. The summed E-state index contributed by atoms with van der Waals surface area (Å²) in [6.07, 6.45) is -4.27. The van der Waals surface area contributed by atoms with E-state index in [1.54, 1.807) is 0 Å². The molecule has 0 saturated carbocycles. The normalized spacial score (nSPS) is 20.2. The zero-order valence-electron chi connectivity index (χ0n) is 10.5. The number of halogens is 3. The highest BCUT2D eigenvalue weighted by atomic mass is 19.4. The topological polar surface area (TPSA) is 44.4 Å². The Morgan fingerprint density at radius 2 is 2.11 bits per heavy atom. The van der Waals surface area contributed by atoms with Crippen LogP contribution >= 0.6 is 0 Å². The molecule has 1 rings (SSSR count). The second kappa shape index (κ2) is 6.94. The Labute approximate surface area is 105 Å². The molecule has 0 bridgehead atoms. The molecule has 1 saturated heterocycles. The number of amides is 1. The molecule has 1 aliphatic rings. The van der Waals surface area contributed by atoms with Gasteiger partial charge >= 0.3 is 6.18 Å². The molecule has 106 valence electrons. The minimum Gasteiger partial charge on any atom is -0.352 e. The van der Waals surface area contributed by atoms with Crippen molar-refractivity contribution in [1.29, 1.82) is 0 Å². The van der Waals surface area contributed by atoms with Crippen LogP contribution in [0.2, 0.25) is 0 Å². The molecule has 1 atom stereocenters. The van der Waals surface area contributed by atoms with Crippen LogP contribution in [0.4, 0.5) is 13.2 Å². The fourth-order valence-corrected chi connectivity index (χ4v) is 1.98. The van der Waals surface area contributed by atoms with Crippen molar-refractivity contribution in [1.82, 2.24) is 15.5 Å². The zero-order chi connectivity index (χ0) is 13.6. The number of nitrogens with zero attached hydrogens (tertiary/aromatic N) is 1. The van der Waals surface area contributed by atoms with Crippen LogP contribution in [0.5, 0.6) is 0 Å². The third-order valence-electron chi connectivity index (χ3n) is 2.74. The van der Waals surface area contributed by atoms with Gasteiger partial charge in [0.1, 0.15) is 0 Å². The molecular formula is C11H20F3N3O. The van der Waals surface area contributed by atoms with Crippen molar-refractivity contribution in [3.05, 3.63) is 0 Å². The van der Waals surface area contributed by atoms with Crippen molar-refractivity contribution in [2.75, 3.05) is 32.7 Å². The number of carbonyl (C=O) groups is 1. The Balaban J connectivity index is 2.27. The van der Waals surface area contributed by atoms with E-state index >= 15 is 0 Å². The van der Waals surface area contributed by atoms with E-state index in [2.05, 4.69) is 10.6 Å². The highest BCUT2D eigenvalue weighted by Gasteiger charge is 2.30. The van der Waals surface area contributed by atoms with Gasteiger partial charge in [0.05, 0.1) is 13.0 Å². The van der Waals surface area contributed by atoms with E-state index < -0.39 is 18.6 Å². The van der Waals surface area contributed by atoms with Crippen molar-refractivity contribution in [2.45, 2.75) is 32.0 Å². The molecule has 4 nitrogen and oxygen atoms in total. The molecule has 2 N–H and O–H groups in total. The first-order valence-corrected chi connectivity index (χ1v) is 6.16. The van der Waals surface area contributed by atoms with Gasteiger partial charge in [0.2, 0.25) is 5.91 Å². The van der Waals surface area contributed by atoms with Gasteiger partial charge in [-0.2, -0.15) is 13.2 Å². The Morgan fingerprint density at radius 1 is 1.39 bits per heavy atom. The number of nitrogens with one attached hydrogen (secondary N) is 2. The van der Waals surface area contributed by atoms with Crippen LogP contribution < -0.4 is 10.6 Å². The van der Waals surface area contributed by atoms with Crippen LogP contribution in [0.1, 0.15) is 19.8 Å². The second-order valence-electron chi connectivity index (χ2n) is 4.67. The van der Waals surface area contributed by atoms with Crippen LogP contribution in [-0.4, -0.2) is 55.7 Å². The number of hydrogen-bond donors (Lipinski definition) is 2. The predicted octanol–water partition coefficient (Wildman–Crippen LogP) is 0.739. The van der Waals surface area contributed by atoms with E-state index in [1.807, 2.05) is 4.90 Å². The van der Waals surface area contributed by atoms with E-state index in [9.17, 15) is 18.0 Å². The third-order valence-corrected chi connectivity index (χ3v) is 2.74. The lowest BCUT2D eigenvalue weighted by Gasteiger charge is -2.21. The van der Waals surface area contributed by atoms with Gasteiger partial charge in [0.25, 0.3) is 0 Å². The molecule has 7 heteroatoms.